The lowest BCUT2D eigenvalue weighted by atomic mass is 10.1. The zero-order chi connectivity index (χ0) is 51.4. The standard InChI is InChI=1S/C65H104O6/c1-4-7-10-13-16-19-22-25-28-31-32-35-37-40-43-46-49-52-55-58-64(67)70-61-62(71-65(68)59-56-53-50-47-44-41-38-34-30-27-24-21-18-15-12-9-6-3)60-69-63(66)57-54-51-48-45-42-39-36-33-29-26-23-20-17-14-11-8-5-2/h7,10,16-21,25-30,32,35,38,40-41,43,49,52,62H,4-6,8-9,11-15,22-24,31,33-34,36-37,39,42,44-48,50-51,53-61H2,1-3H3/b10-7-,19-16-,20-17-,21-18-,28-25-,29-26-,30-27-,35-32-,41-38-,43-40-,52-49-/t62-/m1/s1. The Balaban J connectivity index is 4.58. The summed E-state index contributed by atoms with van der Waals surface area (Å²) in [5, 5.41) is 0. The normalized spacial score (nSPS) is 13.1. The molecule has 0 aliphatic carbocycles. The van der Waals surface area contributed by atoms with E-state index < -0.39 is 6.10 Å². The second-order valence-corrected chi connectivity index (χ2v) is 18.5. The number of hydrogen-bond acceptors (Lipinski definition) is 6. The van der Waals surface area contributed by atoms with E-state index in [0.29, 0.717) is 12.8 Å². The number of carbonyl (C=O) groups excluding carboxylic acids is 3. The number of allylic oxidation sites excluding steroid dienone is 22. The Kier molecular flexibility index (Phi) is 54.5. The van der Waals surface area contributed by atoms with Crippen molar-refractivity contribution in [1.29, 1.82) is 0 Å². The third-order valence-corrected chi connectivity index (χ3v) is 11.6. The number of unbranched alkanes of at least 4 members (excludes halogenated alkanes) is 17. The van der Waals surface area contributed by atoms with Crippen molar-refractivity contribution in [3.63, 3.8) is 0 Å². The zero-order valence-corrected chi connectivity index (χ0v) is 45.7. The summed E-state index contributed by atoms with van der Waals surface area (Å²) in [6, 6.07) is 0. The summed E-state index contributed by atoms with van der Waals surface area (Å²) in [7, 11) is 0. The van der Waals surface area contributed by atoms with Gasteiger partial charge in [-0.3, -0.25) is 14.4 Å². The lowest BCUT2D eigenvalue weighted by Crippen LogP contribution is -2.30. The maximum absolute atomic E-state index is 12.9. The molecule has 0 bridgehead atoms. The van der Waals surface area contributed by atoms with Gasteiger partial charge in [0.1, 0.15) is 13.2 Å². The van der Waals surface area contributed by atoms with Crippen LogP contribution in [0.2, 0.25) is 0 Å². The summed E-state index contributed by atoms with van der Waals surface area (Å²) < 4.78 is 16.8. The van der Waals surface area contributed by atoms with E-state index in [2.05, 4.69) is 142 Å². The van der Waals surface area contributed by atoms with Crippen molar-refractivity contribution in [3.8, 4) is 0 Å². The molecule has 0 radical (unpaired) electrons. The molecular formula is C65H104O6. The number of esters is 3. The van der Waals surface area contributed by atoms with Crippen LogP contribution in [0.15, 0.2) is 134 Å². The van der Waals surface area contributed by atoms with Gasteiger partial charge in [-0.05, 0) is 128 Å². The molecule has 0 rings (SSSR count). The molecule has 1 atom stereocenters. The number of hydrogen-bond donors (Lipinski definition) is 0. The van der Waals surface area contributed by atoms with Gasteiger partial charge in [-0.15, -0.1) is 0 Å². The first-order chi connectivity index (χ1) is 35.0. The highest BCUT2D eigenvalue weighted by atomic mass is 16.6. The molecule has 0 amide bonds. The van der Waals surface area contributed by atoms with Crippen LogP contribution in [0.3, 0.4) is 0 Å². The Bertz CT molecular complexity index is 1550. The average molecular weight is 982 g/mol. The maximum atomic E-state index is 12.9. The predicted molar refractivity (Wildman–Crippen MR) is 306 cm³/mol. The fourth-order valence-corrected chi connectivity index (χ4v) is 7.33. The molecule has 0 unspecified atom stereocenters. The molecule has 0 heterocycles. The predicted octanol–water partition coefficient (Wildman–Crippen LogP) is 19.4. The van der Waals surface area contributed by atoms with Gasteiger partial charge in [0.25, 0.3) is 0 Å². The van der Waals surface area contributed by atoms with E-state index in [0.717, 1.165) is 116 Å². The molecule has 0 aromatic heterocycles. The van der Waals surface area contributed by atoms with Crippen molar-refractivity contribution in [2.45, 2.75) is 245 Å². The van der Waals surface area contributed by atoms with Gasteiger partial charge in [-0.1, -0.05) is 225 Å². The lowest BCUT2D eigenvalue weighted by Gasteiger charge is -2.18. The molecule has 0 aromatic rings. The van der Waals surface area contributed by atoms with E-state index in [9.17, 15) is 14.4 Å². The van der Waals surface area contributed by atoms with Gasteiger partial charge in [0.15, 0.2) is 6.10 Å². The first-order valence-electron chi connectivity index (χ1n) is 28.7. The molecule has 0 spiro atoms. The SMILES string of the molecule is CC/C=C\C/C=C\C/C=C\C/C=C\C/C=C\C/C=C\CCC(=O)OC[C@@H](COC(=O)CCCCCCCCC/C=C\C/C=C\CCCCC)OC(=O)CCCCCC/C=C\C/C=C\C/C=C\CCCCC. The monoisotopic (exact) mass is 981 g/mol. The Morgan fingerprint density at radius 2 is 0.577 bits per heavy atom. The zero-order valence-electron chi connectivity index (χ0n) is 45.7. The topological polar surface area (TPSA) is 78.9 Å². The smallest absolute Gasteiger partial charge is 0.306 e. The summed E-state index contributed by atoms with van der Waals surface area (Å²) in [5.41, 5.74) is 0. The van der Waals surface area contributed by atoms with E-state index >= 15 is 0 Å². The fourth-order valence-electron chi connectivity index (χ4n) is 7.33. The summed E-state index contributed by atoms with van der Waals surface area (Å²) in [4.78, 5) is 38.1. The first kappa shape index (κ1) is 66.6. The van der Waals surface area contributed by atoms with E-state index in [1.807, 2.05) is 12.2 Å². The van der Waals surface area contributed by atoms with Gasteiger partial charge < -0.3 is 14.2 Å². The molecule has 0 saturated carbocycles. The number of rotatable bonds is 50. The molecule has 400 valence electrons. The Morgan fingerprint density at radius 1 is 0.296 bits per heavy atom. The van der Waals surface area contributed by atoms with Gasteiger partial charge in [0, 0.05) is 19.3 Å². The molecular weight excluding hydrogens is 877 g/mol. The molecule has 6 heteroatoms. The minimum Gasteiger partial charge on any atom is -0.462 e. The van der Waals surface area contributed by atoms with Crippen LogP contribution >= 0.6 is 0 Å². The van der Waals surface area contributed by atoms with Gasteiger partial charge >= 0.3 is 17.9 Å². The van der Waals surface area contributed by atoms with Gasteiger partial charge in [0.2, 0.25) is 0 Å². The fraction of sp³-hybridized carbons (Fsp3) is 0.615. The van der Waals surface area contributed by atoms with Crippen molar-refractivity contribution in [1.82, 2.24) is 0 Å². The van der Waals surface area contributed by atoms with Gasteiger partial charge in [0.05, 0.1) is 0 Å². The van der Waals surface area contributed by atoms with E-state index in [1.165, 1.54) is 77.0 Å². The van der Waals surface area contributed by atoms with Crippen molar-refractivity contribution in [2.75, 3.05) is 13.2 Å². The first-order valence-corrected chi connectivity index (χ1v) is 28.7. The Labute approximate surface area is 436 Å². The second-order valence-electron chi connectivity index (χ2n) is 18.5. The minimum atomic E-state index is -0.830. The van der Waals surface area contributed by atoms with Crippen LogP contribution in [0, 0.1) is 0 Å². The second kappa shape index (κ2) is 58.1. The molecule has 0 aromatic carbocycles. The molecule has 0 saturated heterocycles. The minimum absolute atomic E-state index is 0.119. The van der Waals surface area contributed by atoms with Crippen molar-refractivity contribution in [2.24, 2.45) is 0 Å². The number of ether oxygens (including phenoxy) is 3. The van der Waals surface area contributed by atoms with E-state index in [1.54, 1.807) is 0 Å². The number of carbonyl (C=O) groups is 3. The van der Waals surface area contributed by atoms with Crippen LogP contribution in [-0.2, 0) is 28.6 Å². The highest BCUT2D eigenvalue weighted by Crippen LogP contribution is 2.13. The molecule has 0 fully saturated rings. The van der Waals surface area contributed by atoms with Gasteiger partial charge in [-0.2, -0.15) is 0 Å². The van der Waals surface area contributed by atoms with Crippen LogP contribution in [0.4, 0.5) is 0 Å². The third-order valence-electron chi connectivity index (χ3n) is 11.6. The summed E-state index contributed by atoms with van der Waals surface area (Å²) in [6.45, 7) is 6.37. The third kappa shape index (κ3) is 56.3. The summed E-state index contributed by atoms with van der Waals surface area (Å²) in [5.74, 6) is -1.04. The van der Waals surface area contributed by atoms with Crippen molar-refractivity contribution < 1.29 is 28.6 Å². The molecule has 71 heavy (non-hydrogen) atoms. The van der Waals surface area contributed by atoms with Crippen molar-refractivity contribution >= 4 is 17.9 Å². The summed E-state index contributed by atoms with van der Waals surface area (Å²) >= 11 is 0. The Hall–Kier alpha value is -4.45. The maximum Gasteiger partial charge on any atom is 0.306 e. The molecule has 0 aliphatic rings. The van der Waals surface area contributed by atoms with Crippen molar-refractivity contribution in [3.05, 3.63) is 134 Å². The van der Waals surface area contributed by atoms with Crippen LogP contribution in [0.5, 0.6) is 0 Å². The molecule has 0 N–H and O–H groups in total. The highest BCUT2D eigenvalue weighted by Gasteiger charge is 2.19. The lowest BCUT2D eigenvalue weighted by molar-refractivity contribution is -0.166. The van der Waals surface area contributed by atoms with Crippen LogP contribution in [0.25, 0.3) is 0 Å². The van der Waals surface area contributed by atoms with Crippen LogP contribution < -0.4 is 0 Å². The van der Waals surface area contributed by atoms with E-state index in [4.69, 9.17) is 14.2 Å². The molecule has 0 aliphatic heterocycles. The quantitative estimate of drug-likeness (QED) is 0.0262. The van der Waals surface area contributed by atoms with E-state index in [-0.39, 0.29) is 44.0 Å². The Morgan fingerprint density at radius 3 is 0.944 bits per heavy atom. The average Bonchev–Trinajstić information content (AvgIpc) is 3.37. The summed E-state index contributed by atoms with van der Waals surface area (Å²) in [6.07, 6.45) is 81.6. The molecule has 6 nitrogen and oxygen atoms in total. The largest absolute Gasteiger partial charge is 0.462 e. The van der Waals surface area contributed by atoms with Crippen LogP contribution in [-0.4, -0.2) is 37.2 Å². The highest BCUT2D eigenvalue weighted by molar-refractivity contribution is 5.71. The van der Waals surface area contributed by atoms with Crippen LogP contribution in [0.1, 0.15) is 239 Å². The van der Waals surface area contributed by atoms with Gasteiger partial charge in [-0.25, -0.2) is 0 Å².